The van der Waals surface area contributed by atoms with Gasteiger partial charge in [0.15, 0.2) is 0 Å². The Balaban J connectivity index is 1.27. The number of benzene rings is 1. The lowest BCUT2D eigenvalue weighted by atomic mass is 9.97. The molecule has 3 fully saturated rings. The fourth-order valence-electron chi connectivity index (χ4n) is 5.46. The topological polar surface area (TPSA) is 48.5 Å². The van der Waals surface area contributed by atoms with Crippen LogP contribution in [-0.2, 0) is 4.74 Å². The number of para-hydroxylation sites is 2. The van der Waals surface area contributed by atoms with Crippen molar-refractivity contribution < 1.29 is 14.3 Å². The van der Waals surface area contributed by atoms with Gasteiger partial charge in [-0.15, -0.1) is 0 Å². The molecule has 31 heavy (non-hydrogen) atoms. The molecule has 7 heteroatoms. The summed E-state index contributed by atoms with van der Waals surface area (Å²) in [4.78, 5) is 21.7. The molecule has 0 unspecified atom stereocenters. The zero-order chi connectivity index (χ0) is 21.6. The molecule has 172 valence electrons. The van der Waals surface area contributed by atoms with E-state index < -0.39 is 0 Å². The fourth-order valence-corrected chi connectivity index (χ4v) is 5.46. The van der Waals surface area contributed by atoms with Crippen LogP contribution in [-0.4, -0.2) is 99.0 Å². The molecule has 1 aromatic rings. The highest BCUT2D eigenvalue weighted by molar-refractivity contribution is 5.67. The van der Waals surface area contributed by atoms with Crippen molar-refractivity contribution in [3.05, 3.63) is 24.3 Å². The van der Waals surface area contributed by atoms with Crippen LogP contribution in [0.3, 0.4) is 0 Å². The number of anilines is 1. The first-order chi connectivity index (χ1) is 15.2. The predicted molar refractivity (Wildman–Crippen MR) is 123 cm³/mol. The molecule has 1 aromatic carbocycles. The van der Waals surface area contributed by atoms with E-state index in [4.69, 9.17) is 9.47 Å². The number of hydrogen-bond donors (Lipinski definition) is 0. The standard InChI is InChI=1S/C24H38N4O3/c1-3-31-24(29)27-13-10-20(11-14-27)28-12-6-7-21(19-28)25-15-17-26(18-16-25)22-8-4-5-9-23(22)30-2/h4-5,8-9,20-21H,3,6-7,10-19H2,1-2H3/t21-/m1/s1. The second-order valence-corrected chi connectivity index (χ2v) is 8.90. The number of hydrogen-bond acceptors (Lipinski definition) is 6. The summed E-state index contributed by atoms with van der Waals surface area (Å²) in [6.45, 7) is 10.6. The van der Waals surface area contributed by atoms with Gasteiger partial charge in [-0.3, -0.25) is 9.80 Å². The van der Waals surface area contributed by atoms with Crippen LogP contribution in [0.25, 0.3) is 0 Å². The first-order valence-electron chi connectivity index (χ1n) is 12.0. The smallest absolute Gasteiger partial charge is 0.409 e. The van der Waals surface area contributed by atoms with Gasteiger partial charge in [-0.2, -0.15) is 0 Å². The van der Waals surface area contributed by atoms with Gasteiger partial charge in [-0.05, 0) is 51.3 Å². The number of piperidine rings is 2. The zero-order valence-corrected chi connectivity index (χ0v) is 19.2. The molecule has 3 aliphatic heterocycles. The Morgan fingerprint density at radius 1 is 0.935 bits per heavy atom. The Bertz CT molecular complexity index is 715. The molecule has 3 heterocycles. The maximum atomic E-state index is 12.0. The third-order valence-electron chi connectivity index (χ3n) is 7.19. The van der Waals surface area contributed by atoms with Crippen molar-refractivity contribution in [1.82, 2.24) is 14.7 Å². The number of likely N-dealkylation sites (tertiary alicyclic amines) is 2. The highest BCUT2D eigenvalue weighted by atomic mass is 16.6. The number of nitrogens with zero attached hydrogens (tertiary/aromatic N) is 4. The maximum absolute atomic E-state index is 12.0. The Hall–Kier alpha value is -1.99. The summed E-state index contributed by atoms with van der Waals surface area (Å²) >= 11 is 0. The van der Waals surface area contributed by atoms with E-state index in [-0.39, 0.29) is 6.09 Å². The number of piperazine rings is 1. The molecule has 0 radical (unpaired) electrons. The number of amides is 1. The lowest BCUT2D eigenvalue weighted by Crippen LogP contribution is -2.57. The van der Waals surface area contributed by atoms with Gasteiger partial charge in [0.1, 0.15) is 5.75 Å². The van der Waals surface area contributed by atoms with Crippen LogP contribution in [0.2, 0.25) is 0 Å². The molecular formula is C24H38N4O3. The average Bonchev–Trinajstić information content (AvgIpc) is 2.84. The lowest BCUT2D eigenvalue weighted by Gasteiger charge is -2.47. The van der Waals surface area contributed by atoms with Gasteiger partial charge < -0.3 is 19.3 Å². The minimum atomic E-state index is -0.148. The van der Waals surface area contributed by atoms with Crippen LogP contribution in [0.5, 0.6) is 5.75 Å². The molecule has 3 aliphatic rings. The maximum Gasteiger partial charge on any atom is 0.409 e. The van der Waals surface area contributed by atoms with Crippen LogP contribution >= 0.6 is 0 Å². The van der Waals surface area contributed by atoms with Crippen LogP contribution in [0.15, 0.2) is 24.3 Å². The Morgan fingerprint density at radius 2 is 1.68 bits per heavy atom. The molecule has 0 aromatic heterocycles. The monoisotopic (exact) mass is 430 g/mol. The molecule has 7 nitrogen and oxygen atoms in total. The number of ether oxygens (including phenoxy) is 2. The number of carbonyl (C=O) groups is 1. The molecular weight excluding hydrogens is 392 g/mol. The summed E-state index contributed by atoms with van der Waals surface area (Å²) in [5, 5.41) is 0. The summed E-state index contributed by atoms with van der Waals surface area (Å²) in [6, 6.07) is 9.59. The lowest BCUT2D eigenvalue weighted by molar-refractivity contribution is 0.0376. The van der Waals surface area contributed by atoms with Crippen LogP contribution in [0.1, 0.15) is 32.6 Å². The van der Waals surface area contributed by atoms with E-state index in [2.05, 4.69) is 26.8 Å². The molecule has 0 aliphatic carbocycles. The van der Waals surface area contributed by atoms with Gasteiger partial charge in [-0.1, -0.05) is 12.1 Å². The first-order valence-corrected chi connectivity index (χ1v) is 12.0. The largest absolute Gasteiger partial charge is 0.495 e. The summed E-state index contributed by atoms with van der Waals surface area (Å²) in [5.74, 6) is 0.967. The minimum Gasteiger partial charge on any atom is -0.495 e. The Labute approximate surface area is 186 Å². The molecule has 0 N–H and O–H groups in total. The Kier molecular flexibility index (Phi) is 7.56. The normalized spacial score (nSPS) is 24.3. The van der Waals surface area contributed by atoms with Gasteiger partial charge in [0.2, 0.25) is 0 Å². The van der Waals surface area contributed by atoms with Crippen molar-refractivity contribution in [3.63, 3.8) is 0 Å². The second kappa shape index (κ2) is 10.6. The van der Waals surface area contributed by atoms with Crippen LogP contribution < -0.4 is 9.64 Å². The van der Waals surface area contributed by atoms with Gasteiger partial charge in [-0.25, -0.2) is 4.79 Å². The summed E-state index contributed by atoms with van der Waals surface area (Å²) in [5.41, 5.74) is 1.21. The van der Waals surface area contributed by atoms with Crippen LogP contribution in [0.4, 0.5) is 10.5 Å². The van der Waals surface area contributed by atoms with E-state index in [1.165, 1.54) is 31.6 Å². The van der Waals surface area contributed by atoms with E-state index >= 15 is 0 Å². The van der Waals surface area contributed by atoms with Crippen molar-refractivity contribution in [2.24, 2.45) is 0 Å². The van der Waals surface area contributed by atoms with E-state index in [1.54, 1.807) is 7.11 Å². The molecule has 1 amide bonds. The van der Waals surface area contributed by atoms with Gasteiger partial charge in [0, 0.05) is 57.9 Å². The third-order valence-corrected chi connectivity index (χ3v) is 7.19. The third kappa shape index (κ3) is 5.26. The van der Waals surface area contributed by atoms with Crippen molar-refractivity contribution in [2.45, 2.75) is 44.7 Å². The minimum absolute atomic E-state index is 0.148. The van der Waals surface area contributed by atoms with E-state index in [9.17, 15) is 4.79 Å². The highest BCUT2D eigenvalue weighted by Crippen LogP contribution is 2.30. The van der Waals surface area contributed by atoms with E-state index in [0.29, 0.717) is 18.7 Å². The van der Waals surface area contributed by atoms with Crippen LogP contribution in [0, 0.1) is 0 Å². The second-order valence-electron chi connectivity index (χ2n) is 8.90. The molecule has 0 bridgehead atoms. The fraction of sp³-hybridized carbons (Fsp3) is 0.708. The predicted octanol–water partition coefficient (Wildman–Crippen LogP) is 2.90. The number of carbonyl (C=O) groups excluding carboxylic acids is 1. The summed E-state index contributed by atoms with van der Waals surface area (Å²) < 4.78 is 10.7. The van der Waals surface area contributed by atoms with Crippen molar-refractivity contribution >= 4 is 11.8 Å². The van der Waals surface area contributed by atoms with E-state index in [1.807, 2.05) is 24.0 Å². The summed E-state index contributed by atoms with van der Waals surface area (Å²) in [7, 11) is 1.75. The molecule has 3 saturated heterocycles. The average molecular weight is 431 g/mol. The van der Waals surface area contributed by atoms with Gasteiger partial charge >= 0.3 is 6.09 Å². The molecule has 1 atom stereocenters. The number of rotatable bonds is 5. The zero-order valence-electron chi connectivity index (χ0n) is 19.2. The van der Waals surface area contributed by atoms with Crippen molar-refractivity contribution in [1.29, 1.82) is 0 Å². The molecule has 0 spiro atoms. The van der Waals surface area contributed by atoms with Crippen molar-refractivity contribution in [3.8, 4) is 5.75 Å². The quantitative estimate of drug-likeness (QED) is 0.716. The molecule has 4 rings (SSSR count). The Morgan fingerprint density at radius 3 is 2.39 bits per heavy atom. The van der Waals surface area contributed by atoms with Crippen molar-refractivity contribution in [2.75, 3.05) is 71.0 Å². The van der Waals surface area contributed by atoms with Gasteiger partial charge in [0.05, 0.1) is 19.4 Å². The SMILES string of the molecule is CCOC(=O)N1CCC(N2CCC[C@@H](N3CCN(c4ccccc4OC)CC3)C2)CC1. The highest BCUT2D eigenvalue weighted by Gasteiger charge is 2.33. The van der Waals surface area contributed by atoms with E-state index in [0.717, 1.165) is 57.9 Å². The molecule has 0 saturated carbocycles. The first kappa shape index (κ1) is 22.2. The summed E-state index contributed by atoms with van der Waals surface area (Å²) in [6.07, 6.45) is 4.55. The van der Waals surface area contributed by atoms with Gasteiger partial charge in [0.25, 0.3) is 0 Å². The number of methoxy groups -OCH3 is 1.